The van der Waals surface area contributed by atoms with Crippen molar-refractivity contribution in [3.05, 3.63) is 12.2 Å². The zero-order valence-electron chi connectivity index (χ0n) is 13.7. The van der Waals surface area contributed by atoms with Crippen molar-refractivity contribution >= 4 is 12.1 Å². The Hall–Kier alpha value is -1.52. The van der Waals surface area contributed by atoms with Gasteiger partial charge in [-0.3, -0.25) is 0 Å². The average molecular weight is 297 g/mol. The number of allylic oxidation sites excluding steroid dienone is 1. The smallest absolute Gasteiger partial charge is 0.407 e. The topological polar surface area (TPSA) is 66.8 Å². The summed E-state index contributed by atoms with van der Waals surface area (Å²) >= 11 is 0. The number of carbonyl (C=O) groups is 2. The summed E-state index contributed by atoms with van der Waals surface area (Å²) in [7, 11) is 0. The van der Waals surface area contributed by atoms with Crippen molar-refractivity contribution in [2.24, 2.45) is 10.8 Å². The molecule has 0 bridgehead atoms. The largest absolute Gasteiger partial charge is 0.465 e. The fourth-order valence-electron chi connectivity index (χ4n) is 2.80. The minimum atomic E-state index is -0.869. The van der Waals surface area contributed by atoms with Crippen LogP contribution in [-0.2, 0) is 9.53 Å². The minimum Gasteiger partial charge on any atom is -0.465 e. The highest BCUT2D eigenvalue weighted by Gasteiger charge is 2.42. The number of nitrogens with zero attached hydrogens (tertiary/aromatic N) is 1. The summed E-state index contributed by atoms with van der Waals surface area (Å²) in [6.07, 6.45) is 3.90. The second-order valence-electron chi connectivity index (χ2n) is 7.05. The molecule has 21 heavy (non-hydrogen) atoms. The molecular weight excluding hydrogens is 270 g/mol. The molecule has 1 fully saturated rings. The lowest BCUT2D eigenvalue weighted by Gasteiger charge is -2.48. The van der Waals surface area contributed by atoms with Crippen molar-refractivity contribution in [2.45, 2.75) is 53.5 Å². The number of piperidine rings is 1. The van der Waals surface area contributed by atoms with E-state index in [-0.39, 0.29) is 22.8 Å². The summed E-state index contributed by atoms with van der Waals surface area (Å²) in [5.41, 5.74) is -0.325. The molecule has 1 N–H and O–H groups in total. The Bertz CT molecular complexity index is 424. The van der Waals surface area contributed by atoms with E-state index in [0.29, 0.717) is 26.0 Å². The van der Waals surface area contributed by atoms with Crippen molar-refractivity contribution in [3.8, 4) is 0 Å². The summed E-state index contributed by atoms with van der Waals surface area (Å²) in [5, 5.41) is 9.36. The van der Waals surface area contributed by atoms with Crippen LogP contribution in [0.5, 0.6) is 0 Å². The molecule has 0 radical (unpaired) electrons. The Morgan fingerprint density at radius 3 is 2.52 bits per heavy atom. The van der Waals surface area contributed by atoms with Gasteiger partial charge in [-0.1, -0.05) is 33.8 Å². The van der Waals surface area contributed by atoms with Crippen molar-refractivity contribution in [1.82, 2.24) is 4.90 Å². The molecule has 1 heterocycles. The second kappa shape index (κ2) is 6.50. The van der Waals surface area contributed by atoms with E-state index in [1.165, 1.54) is 11.0 Å². The molecule has 120 valence electrons. The lowest BCUT2D eigenvalue weighted by Crippen LogP contribution is -2.53. The first kappa shape index (κ1) is 17.5. The van der Waals surface area contributed by atoms with Crippen LogP contribution >= 0.6 is 0 Å². The van der Waals surface area contributed by atoms with Gasteiger partial charge in [-0.15, -0.1) is 0 Å². The summed E-state index contributed by atoms with van der Waals surface area (Å²) in [6, 6.07) is -0.0689. The van der Waals surface area contributed by atoms with Crippen molar-refractivity contribution < 1.29 is 19.4 Å². The van der Waals surface area contributed by atoms with Gasteiger partial charge < -0.3 is 14.7 Å². The average Bonchev–Trinajstić information content (AvgIpc) is 2.35. The van der Waals surface area contributed by atoms with Crippen LogP contribution in [-0.4, -0.2) is 41.3 Å². The highest BCUT2D eigenvalue weighted by molar-refractivity contribution is 5.82. The van der Waals surface area contributed by atoms with E-state index < -0.39 is 6.09 Å². The van der Waals surface area contributed by atoms with E-state index in [0.717, 1.165) is 0 Å². The van der Waals surface area contributed by atoms with E-state index in [1.807, 2.05) is 6.08 Å². The quantitative estimate of drug-likeness (QED) is 0.641. The van der Waals surface area contributed by atoms with E-state index in [9.17, 15) is 14.7 Å². The highest BCUT2D eigenvalue weighted by atomic mass is 16.5. The number of carboxylic acid groups (broad SMARTS) is 1. The van der Waals surface area contributed by atoms with Crippen molar-refractivity contribution in [3.63, 3.8) is 0 Å². The van der Waals surface area contributed by atoms with Gasteiger partial charge in [-0.2, -0.15) is 0 Å². The number of rotatable bonds is 3. The Balaban J connectivity index is 2.88. The van der Waals surface area contributed by atoms with Gasteiger partial charge in [0.05, 0.1) is 6.61 Å². The van der Waals surface area contributed by atoms with Crippen LogP contribution in [0.3, 0.4) is 0 Å². The Kier molecular flexibility index (Phi) is 5.42. The van der Waals surface area contributed by atoms with Gasteiger partial charge in [-0.25, -0.2) is 9.59 Å². The highest BCUT2D eigenvalue weighted by Crippen LogP contribution is 2.42. The third kappa shape index (κ3) is 4.76. The van der Waals surface area contributed by atoms with E-state index in [4.69, 9.17) is 4.74 Å². The lowest BCUT2D eigenvalue weighted by atomic mass is 9.70. The first-order valence-corrected chi connectivity index (χ1v) is 7.44. The number of likely N-dealkylation sites (tertiary alicyclic amines) is 1. The molecule has 2 atom stereocenters. The molecule has 1 aliphatic heterocycles. The van der Waals surface area contributed by atoms with Crippen molar-refractivity contribution in [2.75, 3.05) is 13.2 Å². The third-order valence-electron chi connectivity index (χ3n) is 4.11. The normalized spacial score (nSPS) is 26.9. The maximum atomic E-state index is 11.5. The fourth-order valence-corrected chi connectivity index (χ4v) is 2.80. The third-order valence-corrected chi connectivity index (χ3v) is 4.11. The van der Waals surface area contributed by atoms with Gasteiger partial charge in [0, 0.05) is 18.7 Å². The summed E-state index contributed by atoms with van der Waals surface area (Å²) in [5.74, 6) is -0.341. The van der Waals surface area contributed by atoms with E-state index >= 15 is 0 Å². The monoisotopic (exact) mass is 297 g/mol. The van der Waals surface area contributed by atoms with Crippen LogP contribution in [0.1, 0.15) is 47.5 Å². The Morgan fingerprint density at radius 1 is 1.43 bits per heavy atom. The maximum absolute atomic E-state index is 11.5. The predicted octanol–water partition coefficient (Wildman–Crippen LogP) is 3.30. The van der Waals surface area contributed by atoms with Gasteiger partial charge in [0.25, 0.3) is 0 Å². The molecule has 0 aliphatic carbocycles. The number of hydrogen-bond donors (Lipinski definition) is 1. The number of hydrogen-bond acceptors (Lipinski definition) is 3. The van der Waals surface area contributed by atoms with Gasteiger partial charge in [0.1, 0.15) is 0 Å². The van der Waals surface area contributed by atoms with Crippen molar-refractivity contribution in [1.29, 1.82) is 0 Å². The van der Waals surface area contributed by atoms with Gasteiger partial charge in [0.15, 0.2) is 0 Å². The molecule has 0 aromatic rings. The van der Waals surface area contributed by atoms with Crippen LogP contribution in [0, 0.1) is 10.8 Å². The number of carbonyl (C=O) groups excluding carboxylic acids is 1. The fraction of sp³-hybridized carbons (Fsp3) is 0.750. The molecule has 1 aliphatic rings. The number of ether oxygens (including phenoxy) is 1. The zero-order valence-corrected chi connectivity index (χ0v) is 13.7. The van der Waals surface area contributed by atoms with E-state index in [1.54, 1.807) is 6.92 Å². The molecule has 5 heteroatoms. The summed E-state index contributed by atoms with van der Waals surface area (Å²) in [4.78, 5) is 24.4. The molecule has 0 saturated carbocycles. The van der Waals surface area contributed by atoms with Crippen LogP contribution in [0.2, 0.25) is 0 Å². The summed E-state index contributed by atoms with van der Waals surface area (Å²) in [6.45, 7) is 10.8. The zero-order chi connectivity index (χ0) is 16.3. The molecule has 0 spiro atoms. The maximum Gasteiger partial charge on any atom is 0.407 e. The van der Waals surface area contributed by atoms with Crippen LogP contribution in [0.25, 0.3) is 0 Å². The predicted molar refractivity (Wildman–Crippen MR) is 81.1 cm³/mol. The molecule has 0 aromatic heterocycles. The first-order chi connectivity index (χ1) is 9.59. The molecule has 5 nitrogen and oxygen atoms in total. The molecular formula is C16H27NO4. The van der Waals surface area contributed by atoms with Gasteiger partial charge in [0.2, 0.25) is 0 Å². The number of esters is 1. The Labute approximate surface area is 127 Å². The lowest BCUT2D eigenvalue weighted by molar-refractivity contribution is -0.137. The minimum absolute atomic E-state index is 0.0689. The van der Waals surface area contributed by atoms with Gasteiger partial charge >= 0.3 is 12.1 Å². The number of amides is 1. The van der Waals surface area contributed by atoms with Crippen LogP contribution in [0.4, 0.5) is 4.79 Å². The van der Waals surface area contributed by atoms with Gasteiger partial charge in [-0.05, 0) is 30.6 Å². The summed E-state index contributed by atoms with van der Waals surface area (Å²) < 4.78 is 4.90. The molecule has 0 aromatic carbocycles. The molecule has 1 rings (SSSR count). The standard InChI is InChI=1S/C16H27NO4/c1-6-21-13(18)7-8-16(5)9-10-17(14(19)20)12(11-16)15(2,3)4/h7-8,12H,6,9-11H2,1-5H3,(H,19,20)/b8-7+. The van der Waals surface area contributed by atoms with E-state index in [2.05, 4.69) is 27.7 Å². The molecule has 2 unspecified atom stereocenters. The Morgan fingerprint density at radius 2 is 2.05 bits per heavy atom. The van der Waals surface area contributed by atoms with Crippen LogP contribution < -0.4 is 0 Å². The SMILES string of the molecule is CCOC(=O)/C=C/C1(C)CCN(C(=O)O)C(C(C)(C)C)C1. The molecule has 1 saturated heterocycles. The van der Waals surface area contributed by atoms with Crippen LogP contribution in [0.15, 0.2) is 12.2 Å². The molecule has 1 amide bonds. The second-order valence-corrected chi connectivity index (χ2v) is 7.05. The first-order valence-electron chi connectivity index (χ1n) is 7.44.